The Morgan fingerprint density at radius 1 is 0.586 bits per heavy atom. The molecule has 0 aliphatic carbocycles. The molecule has 0 fully saturated rings. The Morgan fingerprint density at radius 2 is 1.03 bits per heavy atom. The summed E-state index contributed by atoms with van der Waals surface area (Å²) in [6.07, 6.45) is 23.4. The maximum Gasteiger partial charge on any atom is 0.216 e. The Hall–Kier alpha value is -4.00. The van der Waals surface area contributed by atoms with Crippen molar-refractivity contribution in [3.8, 4) is 0 Å². The van der Waals surface area contributed by atoms with Crippen LogP contribution >= 0.6 is 0 Å². The van der Waals surface area contributed by atoms with E-state index in [0.717, 1.165) is 33.5 Å². The zero-order valence-corrected chi connectivity index (χ0v) is 15.3. The van der Waals surface area contributed by atoms with Crippen LogP contribution in [0.3, 0.4) is 0 Å². The molecule has 6 heterocycles. The summed E-state index contributed by atoms with van der Waals surface area (Å²) < 4.78 is 0. The number of aromatic nitrogens is 1. The van der Waals surface area contributed by atoms with Crippen LogP contribution in [0.25, 0.3) is 12.4 Å². The summed E-state index contributed by atoms with van der Waals surface area (Å²) in [7, 11) is 0. The summed E-state index contributed by atoms with van der Waals surface area (Å²) in [6, 6.07) is 4.05. The zero-order valence-electron chi connectivity index (χ0n) is 15.3. The summed E-state index contributed by atoms with van der Waals surface area (Å²) in [5.41, 5.74) is 3.39. The summed E-state index contributed by atoms with van der Waals surface area (Å²) in [4.78, 5) is 20.2. The Kier molecular flexibility index (Phi) is 3.46. The topological polar surface area (TPSA) is 53.5 Å². The lowest BCUT2D eigenvalue weighted by molar-refractivity contribution is 0.512. The molecule has 6 rings (SSSR count). The molecule has 0 aromatic carbocycles. The normalized spacial score (nSPS) is 21.4. The number of nitrogens with one attached hydrogen (secondary N) is 1. The van der Waals surface area contributed by atoms with Gasteiger partial charge in [-0.3, -0.25) is 0 Å². The van der Waals surface area contributed by atoms with Gasteiger partial charge in [0, 0.05) is 49.6 Å². The molecule has 5 aliphatic rings. The molecule has 138 valence electrons. The third-order valence-electron chi connectivity index (χ3n) is 4.65. The third-order valence-corrected chi connectivity index (χ3v) is 4.65. The predicted octanol–water partition coefficient (Wildman–Crippen LogP) is 1.38. The molecule has 1 aromatic heterocycles. The molecule has 10 bridgehead atoms. The SMILES string of the molecule is [C]1N2C=CN1C=c1ccc([nH]1)=CN1[C]N(C=C1)C=C1C=CC(=N1)C1=NC(=C2)C=C1. The van der Waals surface area contributed by atoms with Gasteiger partial charge in [-0.15, -0.1) is 0 Å². The number of hydrogen-bond donors (Lipinski definition) is 1. The lowest BCUT2D eigenvalue weighted by Crippen LogP contribution is -2.19. The number of allylic oxidation sites excluding steroid dienone is 4. The van der Waals surface area contributed by atoms with Gasteiger partial charge < -0.3 is 24.6 Å². The van der Waals surface area contributed by atoms with Gasteiger partial charge in [0.25, 0.3) is 0 Å². The van der Waals surface area contributed by atoms with Crippen molar-refractivity contribution < 1.29 is 0 Å². The Bertz CT molecular complexity index is 1140. The van der Waals surface area contributed by atoms with E-state index in [2.05, 4.69) is 28.3 Å². The first kappa shape index (κ1) is 16.0. The largest absolute Gasteiger partial charge is 0.353 e. The van der Waals surface area contributed by atoms with Crippen LogP contribution in [0.1, 0.15) is 0 Å². The smallest absolute Gasteiger partial charge is 0.216 e. The molecule has 1 aromatic rings. The molecule has 5 aliphatic heterocycles. The van der Waals surface area contributed by atoms with E-state index >= 15 is 0 Å². The molecule has 0 saturated carbocycles. The van der Waals surface area contributed by atoms with E-state index in [1.807, 2.05) is 106 Å². The molecule has 29 heavy (non-hydrogen) atoms. The second-order valence-corrected chi connectivity index (χ2v) is 6.82. The number of aromatic amines is 1. The van der Waals surface area contributed by atoms with Crippen molar-refractivity contribution in [3.63, 3.8) is 0 Å². The number of rotatable bonds is 0. The van der Waals surface area contributed by atoms with Crippen molar-refractivity contribution in [1.82, 2.24) is 24.6 Å². The Balaban J connectivity index is 1.40. The number of fused-ring (bicyclic) bond motifs is 9. The first-order chi connectivity index (χ1) is 14.3. The van der Waals surface area contributed by atoms with E-state index in [-0.39, 0.29) is 0 Å². The minimum atomic E-state index is 0.846. The average Bonchev–Trinajstić information content (AvgIpc) is 3.50. The van der Waals surface area contributed by atoms with Crippen molar-refractivity contribution in [3.05, 3.63) is 109 Å². The van der Waals surface area contributed by atoms with Gasteiger partial charge in [0.15, 0.2) is 0 Å². The van der Waals surface area contributed by atoms with Crippen molar-refractivity contribution >= 4 is 23.8 Å². The van der Waals surface area contributed by atoms with E-state index in [4.69, 9.17) is 0 Å². The van der Waals surface area contributed by atoms with E-state index in [9.17, 15) is 0 Å². The highest BCUT2D eigenvalue weighted by molar-refractivity contribution is 6.51. The number of nitrogens with zero attached hydrogens (tertiary/aromatic N) is 6. The monoisotopic (exact) mass is 377 g/mol. The fourth-order valence-corrected chi connectivity index (χ4v) is 3.32. The molecular weight excluding hydrogens is 362 g/mol. The van der Waals surface area contributed by atoms with Crippen molar-refractivity contribution in [1.29, 1.82) is 0 Å². The molecule has 0 unspecified atom stereocenters. The van der Waals surface area contributed by atoms with Crippen LogP contribution in [-0.4, -0.2) is 36.0 Å². The molecule has 7 heteroatoms. The minimum absolute atomic E-state index is 0.846. The van der Waals surface area contributed by atoms with Gasteiger partial charge in [-0.2, -0.15) is 0 Å². The van der Waals surface area contributed by atoms with Gasteiger partial charge >= 0.3 is 0 Å². The first-order valence-electron chi connectivity index (χ1n) is 9.16. The van der Waals surface area contributed by atoms with Gasteiger partial charge in [0.05, 0.1) is 33.5 Å². The molecule has 4 radical (unpaired) electrons. The molecule has 1 N–H and O–H groups in total. The lowest BCUT2D eigenvalue weighted by Gasteiger charge is -2.11. The molecule has 7 nitrogen and oxygen atoms in total. The van der Waals surface area contributed by atoms with Gasteiger partial charge in [-0.1, -0.05) is 0 Å². The quantitative estimate of drug-likeness (QED) is 0.742. The van der Waals surface area contributed by atoms with E-state index in [0.29, 0.717) is 0 Å². The van der Waals surface area contributed by atoms with Crippen LogP contribution < -0.4 is 10.7 Å². The maximum atomic E-state index is 4.67. The summed E-state index contributed by atoms with van der Waals surface area (Å²) in [6.45, 7) is 6.49. The lowest BCUT2D eigenvalue weighted by atomic mass is 10.2. The molecule has 0 saturated heterocycles. The molecule has 0 amide bonds. The summed E-state index contributed by atoms with van der Waals surface area (Å²) in [5.74, 6) is 0. The molecular formula is C22H15N7. The number of H-pyrrole nitrogens is 1. The van der Waals surface area contributed by atoms with Gasteiger partial charge in [-0.25, -0.2) is 9.98 Å². The maximum absolute atomic E-state index is 4.67. The van der Waals surface area contributed by atoms with E-state index in [1.165, 1.54) is 0 Å². The van der Waals surface area contributed by atoms with E-state index < -0.39 is 0 Å². The standard InChI is InChI=1S/C22H15N7/c1-2-18-12-27-8-10-29(16-27)14-20-4-6-22(25-20)21-5-3-19(24-21)13-28-9-7-26(15-28)11-17(1)23-18/h1-14,23H. The average molecular weight is 377 g/mol. The van der Waals surface area contributed by atoms with Crippen LogP contribution in [0.2, 0.25) is 0 Å². The van der Waals surface area contributed by atoms with Crippen LogP contribution in [0.15, 0.2) is 95.0 Å². The van der Waals surface area contributed by atoms with Crippen molar-refractivity contribution in [2.24, 2.45) is 9.98 Å². The fourth-order valence-electron chi connectivity index (χ4n) is 3.32. The van der Waals surface area contributed by atoms with E-state index in [1.54, 1.807) is 0 Å². The summed E-state index contributed by atoms with van der Waals surface area (Å²) in [5, 5.41) is 1.95. The van der Waals surface area contributed by atoms with Crippen LogP contribution in [-0.2, 0) is 0 Å². The Morgan fingerprint density at radius 3 is 1.52 bits per heavy atom. The van der Waals surface area contributed by atoms with Crippen LogP contribution in [0, 0.1) is 13.3 Å². The number of aliphatic imine (C=N–C) groups is 2. The van der Waals surface area contributed by atoms with Crippen molar-refractivity contribution in [2.45, 2.75) is 0 Å². The first-order valence-corrected chi connectivity index (χ1v) is 9.16. The fraction of sp³-hybridized carbons (Fsp3) is 0. The zero-order chi connectivity index (χ0) is 19.2. The minimum Gasteiger partial charge on any atom is -0.353 e. The number of hydrogen-bond acceptors (Lipinski definition) is 6. The third kappa shape index (κ3) is 3.12. The Labute approximate surface area is 167 Å². The van der Waals surface area contributed by atoms with Gasteiger partial charge in [0.2, 0.25) is 13.3 Å². The predicted molar refractivity (Wildman–Crippen MR) is 110 cm³/mol. The molecule has 0 atom stereocenters. The highest BCUT2D eigenvalue weighted by Crippen LogP contribution is 2.21. The highest BCUT2D eigenvalue weighted by atomic mass is 15.3. The van der Waals surface area contributed by atoms with Crippen LogP contribution in [0.5, 0.6) is 0 Å². The van der Waals surface area contributed by atoms with Crippen LogP contribution in [0.4, 0.5) is 0 Å². The molecule has 0 spiro atoms. The van der Waals surface area contributed by atoms with Crippen molar-refractivity contribution in [2.75, 3.05) is 0 Å². The van der Waals surface area contributed by atoms with Gasteiger partial charge in [0.1, 0.15) is 0 Å². The second kappa shape index (κ2) is 6.27. The second-order valence-electron chi connectivity index (χ2n) is 6.82. The highest BCUT2D eigenvalue weighted by Gasteiger charge is 2.17. The summed E-state index contributed by atoms with van der Waals surface area (Å²) >= 11 is 0. The van der Waals surface area contributed by atoms with Gasteiger partial charge in [-0.05, 0) is 36.4 Å².